The first kappa shape index (κ1) is 21.3. The molecule has 1 atom stereocenters. The van der Waals surface area contributed by atoms with E-state index in [1.54, 1.807) is 0 Å². The van der Waals surface area contributed by atoms with E-state index in [0.29, 0.717) is 0 Å². The second-order valence-corrected chi connectivity index (χ2v) is 7.39. The van der Waals surface area contributed by atoms with Gasteiger partial charge in [0.1, 0.15) is 0 Å². The quantitative estimate of drug-likeness (QED) is 0.311. The summed E-state index contributed by atoms with van der Waals surface area (Å²) in [5.41, 5.74) is 0. The number of hydrogen-bond acceptors (Lipinski definition) is 2. The molecule has 0 rings (SSSR count). The Balaban J connectivity index is 3.35. The van der Waals surface area contributed by atoms with Crippen molar-refractivity contribution < 1.29 is 0 Å². The van der Waals surface area contributed by atoms with Gasteiger partial charge in [0.15, 0.2) is 0 Å². The van der Waals surface area contributed by atoms with Crippen LogP contribution in [0.3, 0.4) is 0 Å². The molecular formula is C19H41NS. The SMILES string of the molecule is CCCCCCCCCCCCC(CCSC)NCCC. The van der Waals surface area contributed by atoms with E-state index in [4.69, 9.17) is 0 Å². The minimum atomic E-state index is 0.770. The molecule has 128 valence electrons. The summed E-state index contributed by atoms with van der Waals surface area (Å²) >= 11 is 1.98. The van der Waals surface area contributed by atoms with Gasteiger partial charge in [0.05, 0.1) is 0 Å². The van der Waals surface area contributed by atoms with Gasteiger partial charge >= 0.3 is 0 Å². The Kier molecular flexibility index (Phi) is 18.6. The lowest BCUT2D eigenvalue weighted by atomic mass is 10.0. The Morgan fingerprint density at radius 1 is 0.714 bits per heavy atom. The molecule has 0 radical (unpaired) electrons. The average Bonchev–Trinajstić information content (AvgIpc) is 2.51. The highest BCUT2D eigenvalue weighted by Gasteiger charge is 2.06. The molecular weight excluding hydrogens is 274 g/mol. The summed E-state index contributed by atoms with van der Waals surface area (Å²) in [4.78, 5) is 0. The highest BCUT2D eigenvalue weighted by Crippen LogP contribution is 2.13. The zero-order valence-electron chi connectivity index (χ0n) is 15.1. The third-order valence-electron chi connectivity index (χ3n) is 4.26. The minimum absolute atomic E-state index is 0.770. The fraction of sp³-hybridized carbons (Fsp3) is 1.00. The third-order valence-corrected chi connectivity index (χ3v) is 4.90. The molecule has 0 aliphatic rings. The van der Waals surface area contributed by atoms with Crippen molar-refractivity contribution in [2.45, 2.75) is 103 Å². The van der Waals surface area contributed by atoms with Crippen molar-refractivity contribution >= 4 is 11.8 Å². The Morgan fingerprint density at radius 2 is 1.29 bits per heavy atom. The van der Waals surface area contributed by atoms with Gasteiger partial charge in [-0.25, -0.2) is 0 Å². The van der Waals surface area contributed by atoms with Crippen LogP contribution in [0.4, 0.5) is 0 Å². The smallest absolute Gasteiger partial charge is 0.00749 e. The highest BCUT2D eigenvalue weighted by molar-refractivity contribution is 7.98. The molecule has 0 spiro atoms. The number of unbranched alkanes of at least 4 members (excludes halogenated alkanes) is 9. The molecule has 1 N–H and O–H groups in total. The monoisotopic (exact) mass is 315 g/mol. The maximum atomic E-state index is 3.72. The first-order chi connectivity index (χ1) is 10.3. The molecule has 21 heavy (non-hydrogen) atoms. The summed E-state index contributed by atoms with van der Waals surface area (Å²) < 4.78 is 0. The molecule has 0 amide bonds. The van der Waals surface area contributed by atoms with Crippen molar-refractivity contribution in [1.29, 1.82) is 0 Å². The number of rotatable bonds is 17. The van der Waals surface area contributed by atoms with Gasteiger partial charge in [-0.3, -0.25) is 0 Å². The van der Waals surface area contributed by atoms with Gasteiger partial charge in [0.2, 0.25) is 0 Å². The van der Waals surface area contributed by atoms with Crippen molar-refractivity contribution in [3.63, 3.8) is 0 Å². The van der Waals surface area contributed by atoms with Gasteiger partial charge in [0, 0.05) is 6.04 Å². The van der Waals surface area contributed by atoms with Crippen LogP contribution in [0.2, 0.25) is 0 Å². The number of hydrogen-bond donors (Lipinski definition) is 1. The van der Waals surface area contributed by atoms with Crippen LogP contribution in [0.15, 0.2) is 0 Å². The van der Waals surface area contributed by atoms with Crippen molar-refractivity contribution in [1.82, 2.24) is 5.32 Å². The van der Waals surface area contributed by atoms with Crippen LogP contribution in [-0.2, 0) is 0 Å². The lowest BCUT2D eigenvalue weighted by Crippen LogP contribution is -2.30. The van der Waals surface area contributed by atoms with E-state index in [1.807, 2.05) is 11.8 Å². The highest BCUT2D eigenvalue weighted by atomic mass is 32.2. The standard InChI is InChI=1S/C19H41NS/c1-4-6-7-8-9-10-11-12-13-14-15-19(16-18-21-3)20-17-5-2/h19-20H,4-18H2,1-3H3. The second kappa shape index (κ2) is 18.4. The molecule has 0 saturated heterocycles. The summed E-state index contributed by atoms with van der Waals surface area (Å²) in [7, 11) is 0. The van der Waals surface area contributed by atoms with Crippen molar-refractivity contribution in [3.8, 4) is 0 Å². The van der Waals surface area contributed by atoms with Crippen molar-refractivity contribution in [2.75, 3.05) is 18.6 Å². The Hall–Kier alpha value is 0.310. The van der Waals surface area contributed by atoms with E-state index < -0.39 is 0 Å². The van der Waals surface area contributed by atoms with E-state index >= 15 is 0 Å². The molecule has 0 aromatic rings. The topological polar surface area (TPSA) is 12.0 Å². The molecule has 1 unspecified atom stereocenters. The van der Waals surface area contributed by atoms with Gasteiger partial charge in [-0.05, 0) is 37.8 Å². The average molecular weight is 316 g/mol. The first-order valence-electron chi connectivity index (χ1n) is 9.57. The lowest BCUT2D eigenvalue weighted by Gasteiger charge is -2.18. The van der Waals surface area contributed by atoms with Crippen molar-refractivity contribution in [3.05, 3.63) is 0 Å². The lowest BCUT2D eigenvalue weighted by molar-refractivity contribution is 0.443. The summed E-state index contributed by atoms with van der Waals surface area (Å²) in [6.07, 6.45) is 20.6. The molecule has 2 heteroatoms. The zero-order valence-corrected chi connectivity index (χ0v) is 15.9. The zero-order chi connectivity index (χ0) is 15.6. The molecule has 0 aliphatic carbocycles. The fourth-order valence-corrected chi connectivity index (χ4v) is 3.36. The van der Waals surface area contributed by atoms with Gasteiger partial charge in [-0.2, -0.15) is 11.8 Å². The normalized spacial score (nSPS) is 12.7. The van der Waals surface area contributed by atoms with Gasteiger partial charge < -0.3 is 5.32 Å². The molecule has 0 aliphatic heterocycles. The van der Waals surface area contributed by atoms with Crippen LogP contribution < -0.4 is 5.32 Å². The predicted octanol–water partition coefficient (Wildman–Crippen LogP) is 6.42. The number of thioether (sulfide) groups is 1. The maximum Gasteiger partial charge on any atom is 0.00749 e. The number of nitrogens with one attached hydrogen (secondary N) is 1. The van der Waals surface area contributed by atoms with E-state index in [-0.39, 0.29) is 0 Å². The van der Waals surface area contributed by atoms with Crippen LogP contribution in [0.1, 0.15) is 97.3 Å². The maximum absolute atomic E-state index is 3.72. The second-order valence-electron chi connectivity index (χ2n) is 6.40. The predicted molar refractivity (Wildman–Crippen MR) is 102 cm³/mol. The van der Waals surface area contributed by atoms with Crippen LogP contribution >= 0.6 is 11.8 Å². The van der Waals surface area contributed by atoms with E-state index in [0.717, 1.165) is 6.04 Å². The van der Waals surface area contributed by atoms with Crippen LogP contribution in [0.5, 0.6) is 0 Å². The summed E-state index contributed by atoms with van der Waals surface area (Å²) in [5, 5.41) is 3.72. The van der Waals surface area contributed by atoms with Gasteiger partial charge in [-0.15, -0.1) is 0 Å². The minimum Gasteiger partial charge on any atom is -0.314 e. The molecule has 0 fully saturated rings. The van der Waals surface area contributed by atoms with Crippen molar-refractivity contribution in [2.24, 2.45) is 0 Å². The summed E-state index contributed by atoms with van der Waals surface area (Å²) in [6, 6.07) is 0.770. The fourth-order valence-electron chi connectivity index (χ4n) is 2.84. The van der Waals surface area contributed by atoms with E-state index in [9.17, 15) is 0 Å². The first-order valence-corrected chi connectivity index (χ1v) is 11.0. The van der Waals surface area contributed by atoms with Crippen LogP contribution in [-0.4, -0.2) is 24.6 Å². The van der Waals surface area contributed by atoms with E-state index in [2.05, 4.69) is 25.4 Å². The van der Waals surface area contributed by atoms with Gasteiger partial charge in [0.25, 0.3) is 0 Å². The third kappa shape index (κ3) is 16.5. The molecule has 0 heterocycles. The summed E-state index contributed by atoms with van der Waals surface area (Å²) in [5.74, 6) is 1.30. The van der Waals surface area contributed by atoms with Crippen LogP contribution in [0, 0.1) is 0 Å². The molecule has 0 bridgehead atoms. The van der Waals surface area contributed by atoms with Gasteiger partial charge in [-0.1, -0.05) is 78.1 Å². The molecule has 0 aromatic carbocycles. The molecule has 1 nitrogen and oxygen atoms in total. The molecule has 0 saturated carbocycles. The largest absolute Gasteiger partial charge is 0.314 e. The van der Waals surface area contributed by atoms with E-state index in [1.165, 1.54) is 95.8 Å². The Bertz CT molecular complexity index is 176. The van der Waals surface area contributed by atoms with Crippen LogP contribution in [0.25, 0.3) is 0 Å². The molecule has 0 aromatic heterocycles. The Morgan fingerprint density at radius 3 is 1.81 bits per heavy atom. The summed E-state index contributed by atoms with van der Waals surface area (Å²) in [6.45, 7) is 5.75. The Labute approximate surface area is 139 Å².